The molecule has 0 unspecified atom stereocenters. The summed E-state index contributed by atoms with van der Waals surface area (Å²) in [7, 11) is 0. The number of piperidine rings is 1. The van der Waals surface area contributed by atoms with Crippen LogP contribution in [0.5, 0.6) is 0 Å². The van der Waals surface area contributed by atoms with Crippen molar-refractivity contribution in [1.29, 1.82) is 0 Å². The lowest BCUT2D eigenvalue weighted by atomic mass is 10.0. The summed E-state index contributed by atoms with van der Waals surface area (Å²) in [6.07, 6.45) is 3.02. The van der Waals surface area contributed by atoms with Crippen molar-refractivity contribution in [1.82, 2.24) is 9.88 Å². The number of carbonyl (C=O) groups excluding carboxylic acids is 2. The Morgan fingerprint density at radius 3 is 2.17 bits per heavy atom. The maximum Gasteiger partial charge on any atom is 0.272 e. The van der Waals surface area contributed by atoms with Crippen molar-refractivity contribution in [3.8, 4) is 0 Å². The van der Waals surface area contributed by atoms with Crippen LogP contribution in [-0.2, 0) is 14.3 Å². The lowest BCUT2D eigenvalue weighted by molar-refractivity contribution is -0.181. The third kappa shape index (κ3) is 4.55. The zero-order valence-corrected chi connectivity index (χ0v) is 16.3. The van der Waals surface area contributed by atoms with E-state index >= 15 is 0 Å². The number of benzene rings is 1. The molecule has 0 atom stereocenters. The van der Waals surface area contributed by atoms with Gasteiger partial charge in [-0.1, -0.05) is 0 Å². The maximum absolute atomic E-state index is 12.7. The average molecular weight is 396 g/mol. The molecule has 0 saturated carbocycles. The Labute approximate surface area is 169 Å². The first-order valence-electron chi connectivity index (χ1n) is 9.71. The first kappa shape index (κ1) is 19.4. The second-order valence-corrected chi connectivity index (χ2v) is 7.22. The maximum atomic E-state index is 12.7. The van der Waals surface area contributed by atoms with Crippen molar-refractivity contribution in [2.75, 3.05) is 36.9 Å². The van der Waals surface area contributed by atoms with Crippen LogP contribution in [0.2, 0.25) is 0 Å². The molecule has 0 radical (unpaired) electrons. The van der Waals surface area contributed by atoms with E-state index in [1.165, 1.54) is 6.92 Å². The third-order valence-electron chi connectivity index (χ3n) is 5.10. The Kier molecular flexibility index (Phi) is 5.46. The number of hydrogen-bond donors (Lipinski definition) is 2. The van der Waals surface area contributed by atoms with E-state index in [1.807, 2.05) is 30.3 Å². The molecule has 0 bridgehead atoms. The fraction of sp³-hybridized carbons (Fsp3) is 0.381. The number of aromatic nitrogens is 1. The number of ether oxygens (including phenoxy) is 2. The Balaban J connectivity index is 1.34. The minimum atomic E-state index is -0.493. The van der Waals surface area contributed by atoms with Crippen LogP contribution in [0.3, 0.4) is 0 Å². The number of nitrogens with one attached hydrogen (secondary N) is 2. The van der Waals surface area contributed by atoms with Crippen LogP contribution in [0.4, 0.5) is 17.1 Å². The summed E-state index contributed by atoms with van der Waals surface area (Å²) in [5, 5.41) is 5.96. The van der Waals surface area contributed by atoms with Gasteiger partial charge in [0.05, 0.1) is 25.1 Å². The van der Waals surface area contributed by atoms with Gasteiger partial charge in [0, 0.05) is 44.2 Å². The lowest BCUT2D eigenvalue weighted by Crippen LogP contribution is -2.47. The van der Waals surface area contributed by atoms with Gasteiger partial charge in [-0.3, -0.25) is 9.59 Å². The van der Waals surface area contributed by atoms with Crippen molar-refractivity contribution in [2.45, 2.75) is 25.6 Å². The quantitative estimate of drug-likeness (QED) is 0.826. The van der Waals surface area contributed by atoms with E-state index in [4.69, 9.17) is 9.47 Å². The van der Waals surface area contributed by atoms with Gasteiger partial charge < -0.3 is 25.0 Å². The van der Waals surface area contributed by atoms with Gasteiger partial charge in [0.1, 0.15) is 5.69 Å². The van der Waals surface area contributed by atoms with Crippen LogP contribution in [0.15, 0.2) is 42.6 Å². The number of carbonyl (C=O) groups is 2. The smallest absolute Gasteiger partial charge is 0.272 e. The molecule has 0 aliphatic carbocycles. The zero-order chi connectivity index (χ0) is 20.3. The standard InChI is InChI=1S/C21H24N4O4/c1-15(26)23-16-2-4-17(5-3-16)24-18-6-7-19(22-14-18)20(27)25-10-8-21(9-11-25)28-12-13-29-21/h2-7,14,24H,8-13H2,1H3,(H,23,26). The van der Waals surface area contributed by atoms with Crippen LogP contribution >= 0.6 is 0 Å². The minimum absolute atomic E-state index is 0.0796. The van der Waals surface area contributed by atoms with Gasteiger partial charge >= 0.3 is 0 Å². The topological polar surface area (TPSA) is 92.8 Å². The van der Waals surface area contributed by atoms with Crippen LogP contribution in [0.1, 0.15) is 30.3 Å². The summed E-state index contributed by atoms with van der Waals surface area (Å²) in [4.78, 5) is 29.9. The van der Waals surface area contributed by atoms with Gasteiger partial charge in [-0.25, -0.2) is 4.98 Å². The number of nitrogens with zero attached hydrogens (tertiary/aromatic N) is 2. The van der Waals surface area contributed by atoms with Crippen molar-refractivity contribution in [3.63, 3.8) is 0 Å². The van der Waals surface area contributed by atoms with Crippen LogP contribution in [0.25, 0.3) is 0 Å². The molecule has 8 heteroatoms. The number of pyridine rings is 1. The predicted molar refractivity (Wildman–Crippen MR) is 108 cm³/mol. The second-order valence-electron chi connectivity index (χ2n) is 7.22. The number of amides is 2. The van der Waals surface area contributed by atoms with E-state index in [2.05, 4.69) is 15.6 Å². The number of anilines is 3. The summed E-state index contributed by atoms with van der Waals surface area (Å²) in [6, 6.07) is 10.9. The molecular weight excluding hydrogens is 372 g/mol. The highest BCUT2D eigenvalue weighted by Gasteiger charge is 2.40. The van der Waals surface area contributed by atoms with Gasteiger partial charge in [0.2, 0.25) is 5.91 Å². The molecule has 2 aliphatic heterocycles. The molecule has 2 aromatic rings. The fourth-order valence-electron chi connectivity index (χ4n) is 3.60. The van der Waals surface area contributed by atoms with Gasteiger partial charge in [0.25, 0.3) is 5.91 Å². The second kappa shape index (κ2) is 8.18. The largest absolute Gasteiger partial charge is 0.354 e. The predicted octanol–water partition coefficient (Wildman–Crippen LogP) is 2.76. The molecule has 2 amide bonds. The summed E-state index contributed by atoms with van der Waals surface area (Å²) >= 11 is 0. The molecule has 2 N–H and O–H groups in total. The lowest BCUT2D eigenvalue weighted by Gasteiger charge is -2.37. The van der Waals surface area contributed by atoms with Crippen molar-refractivity contribution < 1.29 is 19.1 Å². The van der Waals surface area contributed by atoms with E-state index in [0.717, 1.165) is 17.1 Å². The molecular formula is C21H24N4O4. The van der Waals surface area contributed by atoms with Crippen molar-refractivity contribution in [3.05, 3.63) is 48.3 Å². The monoisotopic (exact) mass is 396 g/mol. The Morgan fingerprint density at radius 1 is 0.966 bits per heavy atom. The number of hydrogen-bond acceptors (Lipinski definition) is 6. The molecule has 1 aromatic carbocycles. The molecule has 8 nitrogen and oxygen atoms in total. The normalized spacial score (nSPS) is 17.9. The van der Waals surface area contributed by atoms with E-state index in [1.54, 1.807) is 17.2 Å². The van der Waals surface area contributed by atoms with Crippen LogP contribution in [-0.4, -0.2) is 53.8 Å². The van der Waals surface area contributed by atoms with Gasteiger partial charge in [-0.05, 0) is 36.4 Å². The molecule has 1 aromatic heterocycles. The van der Waals surface area contributed by atoms with Crippen molar-refractivity contribution in [2.24, 2.45) is 0 Å². The van der Waals surface area contributed by atoms with Crippen molar-refractivity contribution >= 4 is 28.9 Å². The summed E-state index contributed by atoms with van der Waals surface area (Å²) in [5.41, 5.74) is 2.79. The zero-order valence-electron chi connectivity index (χ0n) is 16.3. The molecule has 152 valence electrons. The molecule has 1 spiro atoms. The Morgan fingerprint density at radius 2 is 1.59 bits per heavy atom. The van der Waals surface area contributed by atoms with E-state index in [-0.39, 0.29) is 11.8 Å². The molecule has 29 heavy (non-hydrogen) atoms. The summed E-state index contributed by atoms with van der Waals surface area (Å²) in [5.74, 6) is -0.681. The number of rotatable bonds is 4. The van der Waals surface area contributed by atoms with Crippen LogP contribution in [0, 0.1) is 0 Å². The average Bonchev–Trinajstić information content (AvgIpc) is 3.18. The Bertz CT molecular complexity index is 867. The first-order chi connectivity index (χ1) is 14.0. The highest BCUT2D eigenvalue weighted by Crippen LogP contribution is 2.31. The highest BCUT2D eigenvalue weighted by molar-refractivity contribution is 5.92. The van der Waals surface area contributed by atoms with E-state index in [9.17, 15) is 9.59 Å². The summed E-state index contributed by atoms with van der Waals surface area (Å²) in [6.45, 7) is 3.92. The minimum Gasteiger partial charge on any atom is -0.354 e. The van der Waals surface area contributed by atoms with Gasteiger partial charge in [-0.2, -0.15) is 0 Å². The first-order valence-corrected chi connectivity index (χ1v) is 9.71. The van der Waals surface area contributed by atoms with E-state index < -0.39 is 5.79 Å². The fourth-order valence-corrected chi connectivity index (χ4v) is 3.60. The number of likely N-dealkylation sites (tertiary alicyclic amines) is 1. The van der Waals surface area contributed by atoms with Gasteiger partial charge in [-0.15, -0.1) is 0 Å². The molecule has 2 aliphatic rings. The van der Waals surface area contributed by atoms with Crippen LogP contribution < -0.4 is 10.6 Å². The SMILES string of the molecule is CC(=O)Nc1ccc(Nc2ccc(C(=O)N3CCC4(CC3)OCCO4)nc2)cc1. The molecule has 3 heterocycles. The molecule has 2 saturated heterocycles. The highest BCUT2D eigenvalue weighted by atomic mass is 16.7. The summed E-state index contributed by atoms with van der Waals surface area (Å²) < 4.78 is 11.4. The Hall–Kier alpha value is -2.97. The van der Waals surface area contributed by atoms with Gasteiger partial charge in [0.15, 0.2) is 5.79 Å². The van der Waals surface area contributed by atoms with E-state index in [0.29, 0.717) is 44.8 Å². The third-order valence-corrected chi connectivity index (χ3v) is 5.10. The molecule has 4 rings (SSSR count). The molecule has 2 fully saturated rings.